The zero-order valence-corrected chi connectivity index (χ0v) is 15.4. The number of aromatic nitrogens is 2. The molecule has 0 amide bonds. The average Bonchev–Trinajstić information content (AvgIpc) is 3.13. The molecule has 3 aromatic carbocycles. The van der Waals surface area contributed by atoms with Crippen molar-refractivity contribution in [1.82, 2.24) is 9.55 Å². The average molecular weight is 370 g/mol. The Morgan fingerprint density at radius 2 is 1.55 bits per heavy atom. The molecule has 0 unspecified atom stereocenters. The third-order valence-corrected chi connectivity index (χ3v) is 5.12. The van der Waals surface area contributed by atoms with Crippen LogP contribution >= 0.6 is 0 Å². The van der Waals surface area contributed by atoms with Gasteiger partial charge in [-0.05, 0) is 54.1 Å². The van der Waals surface area contributed by atoms with Crippen LogP contribution in [0.1, 0.15) is 11.3 Å². The van der Waals surface area contributed by atoms with Crippen LogP contribution in [0.5, 0.6) is 0 Å². The maximum Gasteiger partial charge on any atom is 0.140 e. The Kier molecular flexibility index (Phi) is 3.83. The molecular weight excluding hydrogens is 356 g/mol. The van der Waals surface area contributed by atoms with Crippen molar-refractivity contribution in [2.24, 2.45) is 0 Å². The van der Waals surface area contributed by atoms with Gasteiger partial charge in [0.25, 0.3) is 0 Å². The monoisotopic (exact) mass is 370 g/mol. The Morgan fingerprint density at radius 1 is 0.690 bits per heavy atom. The molecule has 0 saturated heterocycles. The number of rotatable bonds is 2. The minimum absolute atomic E-state index is 0.403. The number of hydrogen-bond acceptors (Lipinski definition) is 3. The number of hydrogen-bond donors (Lipinski definition) is 0. The van der Waals surface area contributed by atoms with Crippen LogP contribution in [-0.2, 0) is 0 Å². The summed E-state index contributed by atoms with van der Waals surface area (Å²) in [6.07, 6.45) is 1.72. The zero-order valence-electron chi connectivity index (χ0n) is 15.4. The van der Waals surface area contributed by atoms with Gasteiger partial charge in [0.05, 0.1) is 22.7 Å². The summed E-state index contributed by atoms with van der Waals surface area (Å²) in [6, 6.07) is 30.2. The smallest absolute Gasteiger partial charge is 0.140 e. The van der Waals surface area contributed by atoms with E-state index in [0.717, 1.165) is 38.6 Å². The van der Waals surface area contributed by atoms with Crippen LogP contribution < -0.4 is 0 Å². The molecule has 0 aliphatic carbocycles. The van der Waals surface area contributed by atoms with Gasteiger partial charge in [0.2, 0.25) is 0 Å². The lowest BCUT2D eigenvalue weighted by Crippen LogP contribution is -1.94. The Hall–Kier alpha value is -4.41. The summed E-state index contributed by atoms with van der Waals surface area (Å²) >= 11 is 0. The summed E-state index contributed by atoms with van der Waals surface area (Å²) in [4.78, 5) is 4.19. The van der Waals surface area contributed by atoms with E-state index in [9.17, 15) is 5.26 Å². The van der Waals surface area contributed by atoms with E-state index in [2.05, 4.69) is 46.0 Å². The highest BCUT2D eigenvalue weighted by atomic mass is 15.0. The van der Waals surface area contributed by atoms with E-state index >= 15 is 0 Å². The van der Waals surface area contributed by atoms with Crippen LogP contribution in [-0.4, -0.2) is 9.55 Å². The van der Waals surface area contributed by atoms with Gasteiger partial charge in [0, 0.05) is 28.2 Å². The van der Waals surface area contributed by atoms with Gasteiger partial charge in [-0.2, -0.15) is 10.5 Å². The topological polar surface area (TPSA) is 65.4 Å². The summed E-state index contributed by atoms with van der Waals surface area (Å²) in [5.41, 5.74) is 6.21. The predicted molar refractivity (Wildman–Crippen MR) is 113 cm³/mol. The first kappa shape index (κ1) is 16.7. The van der Waals surface area contributed by atoms with Gasteiger partial charge in [0.15, 0.2) is 0 Å². The quantitative estimate of drug-likeness (QED) is 0.407. The molecule has 0 saturated carbocycles. The third-order valence-electron chi connectivity index (χ3n) is 5.12. The maximum absolute atomic E-state index is 9.31. The van der Waals surface area contributed by atoms with Crippen LogP contribution in [0.3, 0.4) is 0 Å². The first-order valence-corrected chi connectivity index (χ1v) is 9.19. The molecular formula is C25H14N4. The van der Waals surface area contributed by atoms with Gasteiger partial charge in [-0.15, -0.1) is 0 Å². The SMILES string of the molecule is N#Cc1ccc2c(c1)c1ccccc1n2-c1cccc(-c2ccc(C#N)nc2)c1. The molecule has 0 aliphatic heterocycles. The summed E-state index contributed by atoms with van der Waals surface area (Å²) in [6.45, 7) is 0. The molecule has 0 spiro atoms. The van der Waals surface area contributed by atoms with Gasteiger partial charge >= 0.3 is 0 Å². The van der Waals surface area contributed by atoms with E-state index < -0.39 is 0 Å². The summed E-state index contributed by atoms with van der Waals surface area (Å²) in [5.74, 6) is 0. The van der Waals surface area contributed by atoms with Crippen molar-refractivity contribution in [2.75, 3.05) is 0 Å². The van der Waals surface area contributed by atoms with E-state index in [-0.39, 0.29) is 0 Å². The van der Waals surface area contributed by atoms with Crippen molar-refractivity contribution in [3.63, 3.8) is 0 Å². The number of pyridine rings is 1. The molecule has 0 radical (unpaired) electrons. The van der Waals surface area contributed by atoms with Gasteiger partial charge in [-0.1, -0.05) is 30.3 Å². The van der Waals surface area contributed by atoms with E-state index in [1.807, 2.05) is 48.5 Å². The molecule has 29 heavy (non-hydrogen) atoms. The van der Waals surface area contributed by atoms with Crippen LogP contribution in [0.25, 0.3) is 38.6 Å². The van der Waals surface area contributed by atoms with Gasteiger partial charge in [0.1, 0.15) is 11.8 Å². The number of nitriles is 2. The predicted octanol–water partition coefficient (Wildman–Crippen LogP) is 5.59. The summed E-state index contributed by atoms with van der Waals surface area (Å²) in [5, 5.41) is 20.5. The van der Waals surface area contributed by atoms with Crippen molar-refractivity contribution in [3.05, 3.63) is 96.3 Å². The second kappa shape index (κ2) is 6.64. The van der Waals surface area contributed by atoms with E-state index in [4.69, 9.17) is 5.26 Å². The molecule has 0 bridgehead atoms. The molecule has 4 heteroatoms. The fourth-order valence-corrected chi connectivity index (χ4v) is 3.78. The highest BCUT2D eigenvalue weighted by molar-refractivity contribution is 6.09. The van der Waals surface area contributed by atoms with Gasteiger partial charge < -0.3 is 4.57 Å². The van der Waals surface area contributed by atoms with E-state index in [1.54, 1.807) is 12.3 Å². The van der Waals surface area contributed by atoms with Crippen LogP contribution in [0, 0.1) is 22.7 Å². The molecule has 5 aromatic rings. The number of nitrogens with zero attached hydrogens (tertiary/aromatic N) is 4. The molecule has 134 valence electrons. The summed E-state index contributed by atoms with van der Waals surface area (Å²) in [7, 11) is 0. The van der Waals surface area contributed by atoms with Crippen molar-refractivity contribution >= 4 is 21.8 Å². The molecule has 0 fully saturated rings. The second-order valence-corrected chi connectivity index (χ2v) is 6.79. The molecule has 2 heterocycles. The normalized spacial score (nSPS) is 10.7. The molecule has 5 rings (SSSR count). The first-order valence-electron chi connectivity index (χ1n) is 9.19. The van der Waals surface area contributed by atoms with Crippen molar-refractivity contribution in [1.29, 1.82) is 10.5 Å². The second-order valence-electron chi connectivity index (χ2n) is 6.79. The molecule has 4 nitrogen and oxygen atoms in total. The third kappa shape index (κ3) is 2.72. The largest absolute Gasteiger partial charge is 0.309 e. The maximum atomic E-state index is 9.31. The Bertz CT molecular complexity index is 1460. The zero-order chi connectivity index (χ0) is 19.8. The molecule has 0 aliphatic rings. The number of benzene rings is 3. The number of fused-ring (bicyclic) bond motifs is 3. The van der Waals surface area contributed by atoms with Crippen LogP contribution in [0.15, 0.2) is 85.1 Å². The molecule has 2 aromatic heterocycles. The number of para-hydroxylation sites is 1. The van der Waals surface area contributed by atoms with Crippen LogP contribution in [0.2, 0.25) is 0 Å². The lowest BCUT2D eigenvalue weighted by molar-refractivity contribution is 1.18. The minimum Gasteiger partial charge on any atom is -0.309 e. The molecule has 0 N–H and O–H groups in total. The minimum atomic E-state index is 0.403. The van der Waals surface area contributed by atoms with E-state index in [0.29, 0.717) is 11.3 Å². The lowest BCUT2D eigenvalue weighted by Gasteiger charge is -2.10. The highest BCUT2D eigenvalue weighted by Gasteiger charge is 2.13. The Morgan fingerprint density at radius 3 is 2.34 bits per heavy atom. The van der Waals surface area contributed by atoms with Crippen LogP contribution in [0.4, 0.5) is 0 Å². The van der Waals surface area contributed by atoms with Crippen molar-refractivity contribution < 1.29 is 0 Å². The fraction of sp³-hybridized carbons (Fsp3) is 0. The standard InChI is InChI=1S/C25H14N4/c26-14-17-8-11-25-23(12-17)22-6-1-2-7-24(22)29(25)21-5-3-4-18(13-21)19-9-10-20(15-27)28-16-19/h1-13,16H. The summed E-state index contributed by atoms with van der Waals surface area (Å²) < 4.78 is 2.21. The fourth-order valence-electron chi connectivity index (χ4n) is 3.78. The Balaban J connectivity index is 1.75. The van der Waals surface area contributed by atoms with E-state index in [1.165, 1.54) is 0 Å². The molecule has 0 atom stereocenters. The van der Waals surface area contributed by atoms with Crippen molar-refractivity contribution in [3.8, 4) is 29.0 Å². The van der Waals surface area contributed by atoms with Crippen molar-refractivity contribution in [2.45, 2.75) is 0 Å². The van der Waals surface area contributed by atoms with Gasteiger partial charge in [-0.3, -0.25) is 0 Å². The lowest BCUT2D eigenvalue weighted by atomic mass is 10.1. The Labute approximate surface area is 167 Å². The first-order chi connectivity index (χ1) is 14.3. The van der Waals surface area contributed by atoms with Gasteiger partial charge in [-0.25, -0.2) is 4.98 Å². The highest BCUT2D eigenvalue weighted by Crippen LogP contribution is 2.33.